The number of Topliss-reactive ketones (excluding diaryl/α,β-unsaturated/α-hetero) is 1. The Balaban J connectivity index is 1.62. The molecule has 0 radical (unpaired) electrons. The van der Waals surface area contributed by atoms with Gasteiger partial charge in [-0.3, -0.25) is 4.79 Å². The van der Waals surface area contributed by atoms with Gasteiger partial charge < -0.3 is 5.11 Å². The minimum absolute atomic E-state index is 0.153. The predicted octanol–water partition coefficient (Wildman–Crippen LogP) is 6.73. The number of carbonyl (C=O) groups excluding carboxylic acids is 1. The molecule has 0 amide bonds. The molecule has 0 spiro atoms. The molecule has 0 aromatic heterocycles. The van der Waals surface area contributed by atoms with Crippen molar-refractivity contribution in [3.05, 3.63) is 23.3 Å². The van der Waals surface area contributed by atoms with E-state index in [1.54, 1.807) is 0 Å². The highest BCUT2D eigenvalue weighted by molar-refractivity contribution is 5.98. The van der Waals surface area contributed by atoms with Gasteiger partial charge in [0, 0.05) is 6.42 Å². The molecule has 1 N–H and O–H groups in total. The Morgan fingerprint density at radius 2 is 1.77 bits per heavy atom. The highest BCUT2D eigenvalue weighted by atomic mass is 16.3. The van der Waals surface area contributed by atoms with Crippen molar-refractivity contribution < 1.29 is 9.90 Å². The SMILES string of the molecule is CC(C)[C@@H](C)/C=C/[C@@H](C)[C@@H]1CC[C@@H]2C3=C(CC[C@@]21C)[C@]1(C)CC[C@@H](O)C[C@@H]1CC3=O. The molecule has 2 saturated carbocycles. The van der Waals surface area contributed by atoms with Crippen molar-refractivity contribution in [2.75, 3.05) is 0 Å². The molecule has 2 fully saturated rings. The number of fused-ring (bicyclic) bond motifs is 4. The number of hydrogen-bond acceptors (Lipinski definition) is 2. The Morgan fingerprint density at radius 3 is 2.47 bits per heavy atom. The fourth-order valence-electron chi connectivity index (χ4n) is 7.78. The molecule has 30 heavy (non-hydrogen) atoms. The molecule has 0 aromatic carbocycles. The van der Waals surface area contributed by atoms with Crippen molar-refractivity contribution in [3.63, 3.8) is 0 Å². The van der Waals surface area contributed by atoms with Crippen LogP contribution in [0.3, 0.4) is 0 Å². The summed E-state index contributed by atoms with van der Waals surface area (Å²) in [4.78, 5) is 13.4. The van der Waals surface area contributed by atoms with Gasteiger partial charge in [0.05, 0.1) is 6.10 Å². The topological polar surface area (TPSA) is 37.3 Å². The van der Waals surface area contributed by atoms with Crippen molar-refractivity contribution in [1.82, 2.24) is 0 Å². The molecular formula is C28H44O2. The van der Waals surface area contributed by atoms with Crippen LogP contribution >= 0.6 is 0 Å². The van der Waals surface area contributed by atoms with Crippen LogP contribution in [0.4, 0.5) is 0 Å². The third-order valence-corrected chi connectivity index (χ3v) is 10.3. The van der Waals surface area contributed by atoms with E-state index in [2.05, 4.69) is 53.7 Å². The molecule has 0 saturated heterocycles. The van der Waals surface area contributed by atoms with Crippen LogP contribution in [0, 0.1) is 46.3 Å². The minimum Gasteiger partial charge on any atom is -0.393 e. The summed E-state index contributed by atoms with van der Waals surface area (Å²) in [5, 5.41) is 10.2. The van der Waals surface area contributed by atoms with Gasteiger partial charge in [0.15, 0.2) is 5.78 Å². The first-order chi connectivity index (χ1) is 14.1. The van der Waals surface area contributed by atoms with Gasteiger partial charge in [0.2, 0.25) is 0 Å². The van der Waals surface area contributed by atoms with Crippen LogP contribution in [0.2, 0.25) is 0 Å². The maximum absolute atomic E-state index is 13.4. The lowest BCUT2D eigenvalue weighted by molar-refractivity contribution is -0.121. The van der Waals surface area contributed by atoms with E-state index in [0.717, 1.165) is 25.7 Å². The van der Waals surface area contributed by atoms with E-state index in [0.29, 0.717) is 47.7 Å². The number of aliphatic hydroxyl groups is 1. The van der Waals surface area contributed by atoms with Crippen molar-refractivity contribution in [2.45, 2.75) is 99.0 Å². The summed E-state index contributed by atoms with van der Waals surface area (Å²) in [5.74, 6) is 3.81. The zero-order valence-corrected chi connectivity index (χ0v) is 20.2. The lowest BCUT2D eigenvalue weighted by atomic mass is 9.50. The second-order valence-electron chi connectivity index (χ2n) is 12.2. The van der Waals surface area contributed by atoms with E-state index in [9.17, 15) is 9.90 Å². The van der Waals surface area contributed by atoms with Crippen LogP contribution in [0.15, 0.2) is 23.3 Å². The number of hydrogen-bond donors (Lipinski definition) is 1. The van der Waals surface area contributed by atoms with Crippen molar-refractivity contribution >= 4 is 5.78 Å². The third-order valence-electron chi connectivity index (χ3n) is 10.3. The van der Waals surface area contributed by atoms with E-state index < -0.39 is 0 Å². The normalized spacial score (nSPS) is 43.5. The standard InChI is InChI=1S/C28H44O2/c1-17(2)18(3)7-8-19(4)22-9-10-23-26-24(12-14-28(22,23)6)27(5)13-11-21(29)15-20(27)16-25(26)30/h7-8,17-23,29H,9-16H2,1-6H3/b8-7+/t18-,19+,20+,21+,22-,23+,27+,28+/m0/s1. The quantitative estimate of drug-likeness (QED) is 0.520. The van der Waals surface area contributed by atoms with E-state index in [4.69, 9.17) is 0 Å². The Hall–Kier alpha value is -0.890. The summed E-state index contributed by atoms with van der Waals surface area (Å²) in [5.41, 5.74) is 3.18. The zero-order valence-electron chi connectivity index (χ0n) is 20.2. The lowest BCUT2D eigenvalue weighted by Crippen LogP contribution is -2.48. The fourth-order valence-corrected chi connectivity index (χ4v) is 7.78. The fraction of sp³-hybridized carbons (Fsp3) is 0.821. The van der Waals surface area contributed by atoms with Gasteiger partial charge in [0.1, 0.15) is 0 Å². The largest absolute Gasteiger partial charge is 0.393 e. The van der Waals surface area contributed by atoms with Crippen LogP contribution in [0.1, 0.15) is 92.9 Å². The van der Waals surface area contributed by atoms with Gasteiger partial charge in [-0.2, -0.15) is 0 Å². The van der Waals surface area contributed by atoms with E-state index in [1.807, 2.05) is 0 Å². The summed E-state index contributed by atoms with van der Waals surface area (Å²) in [6, 6.07) is 0. The molecule has 4 aliphatic rings. The molecule has 4 rings (SSSR count). The first-order valence-electron chi connectivity index (χ1n) is 12.7. The van der Waals surface area contributed by atoms with Gasteiger partial charge in [-0.05, 0) is 96.9 Å². The first-order valence-corrected chi connectivity index (χ1v) is 12.7. The highest BCUT2D eigenvalue weighted by Crippen LogP contribution is 2.65. The van der Waals surface area contributed by atoms with Crippen LogP contribution in [0.5, 0.6) is 0 Å². The summed E-state index contributed by atoms with van der Waals surface area (Å²) >= 11 is 0. The molecule has 168 valence electrons. The molecule has 0 aromatic rings. The smallest absolute Gasteiger partial charge is 0.159 e. The van der Waals surface area contributed by atoms with E-state index >= 15 is 0 Å². The summed E-state index contributed by atoms with van der Waals surface area (Å²) in [7, 11) is 0. The molecule has 0 bridgehead atoms. The van der Waals surface area contributed by atoms with E-state index in [1.165, 1.54) is 30.4 Å². The monoisotopic (exact) mass is 412 g/mol. The molecule has 0 heterocycles. The molecule has 2 heteroatoms. The Morgan fingerprint density at radius 1 is 1.03 bits per heavy atom. The number of carbonyl (C=O) groups is 1. The number of rotatable bonds is 4. The van der Waals surface area contributed by atoms with Crippen LogP contribution in [-0.2, 0) is 4.79 Å². The molecule has 4 aliphatic carbocycles. The molecule has 0 unspecified atom stereocenters. The molecule has 0 aliphatic heterocycles. The average molecular weight is 413 g/mol. The summed E-state index contributed by atoms with van der Waals surface area (Å²) < 4.78 is 0. The summed E-state index contributed by atoms with van der Waals surface area (Å²) in [6.45, 7) is 14.3. The average Bonchev–Trinajstić information content (AvgIpc) is 3.04. The number of allylic oxidation sites excluding steroid dienone is 4. The Kier molecular flexibility index (Phi) is 5.88. The van der Waals surface area contributed by atoms with Gasteiger partial charge in [-0.25, -0.2) is 0 Å². The highest BCUT2D eigenvalue weighted by Gasteiger charge is 2.57. The van der Waals surface area contributed by atoms with Crippen LogP contribution in [-0.4, -0.2) is 17.0 Å². The third kappa shape index (κ3) is 3.46. The molecule has 2 nitrogen and oxygen atoms in total. The van der Waals surface area contributed by atoms with Gasteiger partial charge in [-0.15, -0.1) is 0 Å². The van der Waals surface area contributed by atoms with Crippen molar-refractivity contribution in [3.8, 4) is 0 Å². The molecule has 8 atom stereocenters. The number of ketones is 1. The van der Waals surface area contributed by atoms with Crippen molar-refractivity contribution in [1.29, 1.82) is 0 Å². The minimum atomic E-state index is -0.205. The summed E-state index contributed by atoms with van der Waals surface area (Å²) in [6.07, 6.45) is 12.9. The second-order valence-corrected chi connectivity index (χ2v) is 12.2. The Bertz CT molecular complexity index is 746. The van der Waals surface area contributed by atoms with Gasteiger partial charge >= 0.3 is 0 Å². The first kappa shape index (κ1) is 22.3. The van der Waals surface area contributed by atoms with Crippen LogP contribution in [0.25, 0.3) is 0 Å². The zero-order chi connectivity index (χ0) is 21.8. The molecular weight excluding hydrogens is 368 g/mol. The lowest BCUT2D eigenvalue weighted by Gasteiger charge is -2.54. The van der Waals surface area contributed by atoms with Crippen LogP contribution < -0.4 is 0 Å². The predicted molar refractivity (Wildman–Crippen MR) is 124 cm³/mol. The number of aliphatic hydroxyl groups excluding tert-OH is 1. The second kappa shape index (κ2) is 7.91. The maximum Gasteiger partial charge on any atom is 0.159 e. The van der Waals surface area contributed by atoms with Gasteiger partial charge in [-0.1, -0.05) is 59.3 Å². The van der Waals surface area contributed by atoms with Gasteiger partial charge in [0.25, 0.3) is 0 Å². The Labute approximate surface area is 184 Å². The maximum atomic E-state index is 13.4. The van der Waals surface area contributed by atoms with E-state index in [-0.39, 0.29) is 16.9 Å². The van der Waals surface area contributed by atoms with Crippen molar-refractivity contribution in [2.24, 2.45) is 46.3 Å².